The molecule has 1 aliphatic carbocycles. The van der Waals surface area contributed by atoms with Crippen molar-refractivity contribution >= 4 is 5.82 Å². The first kappa shape index (κ1) is 13.9. The van der Waals surface area contributed by atoms with Crippen molar-refractivity contribution in [3.05, 3.63) is 11.3 Å². The van der Waals surface area contributed by atoms with Crippen molar-refractivity contribution in [3.63, 3.8) is 0 Å². The first-order chi connectivity index (χ1) is 9.12. The van der Waals surface area contributed by atoms with Crippen LogP contribution in [0.3, 0.4) is 0 Å². The summed E-state index contributed by atoms with van der Waals surface area (Å²) in [5, 5.41) is 26.5. The van der Waals surface area contributed by atoms with Gasteiger partial charge in [0.2, 0.25) is 0 Å². The minimum absolute atomic E-state index is 0.0385. The van der Waals surface area contributed by atoms with Crippen molar-refractivity contribution in [1.82, 2.24) is 9.78 Å². The molecule has 0 spiro atoms. The Balaban J connectivity index is 2.12. The lowest BCUT2D eigenvalue weighted by Gasteiger charge is -2.35. The van der Waals surface area contributed by atoms with Crippen molar-refractivity contribution in [2.45, 2.75) is 39.0 Å². The topological polar surface area (TPSA) is 73.9 Å². The highest BCUT2D eigenvalue weighted by molar-refractivity contribution is 5.55. The molecular formula is C14H22N4O. The molecule has 1 fully saturated rings. The van der Waals surface area contributed by atoms with Crippen LogP contribution in [0.1, 0.15) is 43.4 Å². The average molecular weight is 262 g/mol. The zero-order valence-electron chi connectivity index (χ0n) is 11.7. The standard InChI is InChI=1S/C14H22N4O/c1-11-12(8-15)13(18(2)17-11)16-9-14(10-19)6-4-3-5-7-14/h16,19H,3-7,9-10H2,1-2H3. The summed E-state index contributed by atoms with van der Waals surface area (Å²) in [6, 6.07) is 2.19. The van der Waals surface area contributed by atoms with Crippen LogP contribution in [-0.4, -0.2) is 28.0 Å². The zero-order valence-corrected chi connectivity index (χ0v) is 11.7. The number of aliphatic hydroxyl groups is 1. The summed E-state index contributed by atoms with van der Waals surface area (Å²) in [5.41, 5.74) is 1.31. The molecule has 1 saturated carbocycles. The van der Waals surface area contributed by atoms with Gasteiger partial charge in [0.25, 0.3) is 0 Å². The molecule has 1 heterocycles. The lowest BCUT2D eigenvalue weighted by Crippen LogP contribution is -2.36. The molecule has 2 N–H and O–H groups in total. The van der Waals surface area contributed by atoms with Crippen LogP contribution < -0.4 is 5.32 Å². The van der Waals surface area contributed by atoms with Gasteiger partial charge in [0.1, 0.15) is 17.5 Å². The highest BCUT2D eigenvalue weighted by Gasteiger charge is 2.31. The Kier molecular flexibility index (Phi) is 4.11. The predicted octanol–water partition coefficient (Wildman–Crippen LogP) is 1.95. The first-order valence-corrected chi connectivity index (χ1v) is 6.90. The van der Waals surface area contributed by atoms with Gasteiger partial charge in [0, 0.05) is 19.0 Å². The highest BCUT2D eigenvalue weighted by atomic mass is 16.3. The van der Waals surface area contributed by atoms with Gasteiger partial charge < -0.3 is 10.4 Å². The van der Waals surface area contributed by atoms with E-state index < -0.39 is 0 Å². The minimum atomic E-state index is -0.0385. The zero-order chi connectivity index (χ0) is 13.9. The molecule has 5 nitrogen and oxygen atoms in total. The molecule has 1 aromatic heterocycles. The van der Waals surface area contributed by atoms with Crippen LogP contribution >= 0.6 is 0 Å². The van der Waals surface area contributed by atoms with Crippen LogP contribution in [0.15, 0.2) is 0 Å². The average Bonchev–Trinajstić information content (AvgIpc) is 2.71. The fourth-order valence-electron chi connectivity index (χ4n) is 2.96. The van der Waals surface area contributed by atoms with E-state index in [4.69, 9.17) is 0 Å². The van der Waals surface area contributed by atoms with Gasteiger partial charge in [-0.3, -0.25) is 4.68 Å². The molecule has 104 valence electrons. The van der Waals surface area contributed by atoms with Crippen molar-refractivity contribution in [2.75, 3.05) is 18.5 Å². The maximum atomic E-state index is 9.69. The molecule has 5 heteroatoms. The number of aliphatic hydroxyl groups excluding tert-OH is 1. The highest BCUT2D eigenvalue weighted by Crippen LogP contribution is 2.36. The fourth-order valence-corrected chi connectivity index (χ4v) is 2.96. The number of hydrogen-bond acceptors (Lipinski definition) is 4. The van der Waals surface area contributed by atoms with E-state index in [1.54, 1.807) is 4.68 Å². The molecule has 0 radical (unpaired) electrons. The summed E-state index contributed by atoms with van der Waals surface area (Å²) >= 11 is 0. The number of rotatable bonds is 4. The molecule has 0 bridgehead atoms. The lowest BCUT2D eigenvalue weighted by atomic mass is 9.74. The van der Waals surface area contributed by atoms with Crippen LogP contribution in [0.25, 0.3) is 0 Å². The molecule has 0 aromatic carbocycles. The second-order valence-corrected chi connectivity index (χ2v) is 5.62. The van der Waals surface area contributed by atoms with Crippen LogP contribution in [0.5, 0.6) is 0 Å². The fraction of sp³-hybridized carbons (Fsp3) is 0.714. The van der Waals surface area contributed by atoms with E-state index in [1.165, 1.54) is 19.3 Å². The molecule has 0 aliphatic heterocycles. The van der Waals surface area contributed by atoms with Crippen LogP contribution in [-0.2, 0) is 7.05 Å². The summed E-state index contributed by atoms with van der Waals surface area (Å²) in [7, 11) is 1.84. The molecule has 1 aliphatic rings. The maximum absolute atomic E-state index is 9.69. The summed E-state index contributed by atoms with van der Waals surface area (Å²) in [5.74, 6) is 0.762. The molecule has 0 amide bonds. The number of anilines is 1. The SMILES string of the molecule is Cc1nn(C)c(NCC2(CO)CCCCC2)c1C#N. The predicted molar refractivity (Wildman–Crippen MR) is 73.8 cm³/mol. The summed E-state index contributed by atoms with van der Waals surface area (Å²) in [6.07, 6.45) is 5.72. The third kappa shape index (κ3) is 2.74. The van der Waals surface area contributed by atoms with Gasteiger partial charge in [0.05, 0.1) is 12.3 Å². The lowest BCUT2D eigenvalue weighted by molar-refractivity contribution is 0.0942. The van der Waals surface area contributed by atoms with Gasteiger partial charge in [0.15, 0.2) is 0 Å². The molecule has 1 aromatic rings. The number of hydrogen-bond donors (Lipinski definition) is 2. The Morgan fingerprint density at radius 2 is 2.11 bits per heavy atom. The number of nitrogens with zero attached hydrogens (tertiary/aromatic N) is 3. The Hall–Kier alpha value is -1.54. The van der Waals surface area contributed by atoms with E-state index in [0.29, 0.717) is 12.1 Å². The Labute approximate surface area is 114 Å². The van der Waals surface area contributed by atoms with Crippen molar-refractivity contribution in [2.24, 2.45) is 12.5 Å². The Morgan fingerprint density at radius 1 is 1.42 bits per heavy atom. The van der Waals surface area contributed by atoms with E-state index in [9.17, 15) is 10.4 Å². The first-order valence-electron chi connectivity index (χ1n) is 6.90. The monoisotopic (exact) mass is 262 g/mol. The number of aryl methyl sites for hydroxylation is 2. The van der Waals surface area contributed by atoms with Crippen LogP contribution in [0.2, 0.25) is 0 Å². The summed E-state index contributed by atoms with van der Waals surface area (Å²) in [6.45, 7) is 2.75. The van der Waals surface area contributed by atoms with Gasteiger partial charge >= 0.3 is 0 Å². The quantitative estimate of drug-likeness (QED) is 0.870. The van der Waals surface area contributed by atoms with Gasteiger partial charge in [-0.1, -0.05) is 19.3 Å². The van der Waals surface area contributed by atoms with Crippen LogP contribution in [0.4, 0.5) is 5.82 Å². The molecule has 2 rings (SSSR count). The Morgan fingerprint density at radius 3 is 2.68 bits per heavy atom. The second-order valence-electron chi connectivity index (χ2n) is 5.62. The molecule has 0 saturated heterocycles. The molecule has 0 atom stereocenters. The molecule has 19 heavy (non-hydrogen) atoms. The van der Waals surface area contributed by atoms with Gasteiger partial charge in [-0.25, -0.2) is 0 Å². The second kappa shape index (κ2) is 5.62. The summed E-state index contributed by atoms with van der Waals surface area (Å²) < 4.78 is 1.71. The number of aromatic nitrogens is 2. The Bertz CT molecular complexity index is 480. The molecular weight excluding hydrogens is 240 g/mol. The number of nitriles is 1. The van der Waals surface area contributed by atoms with E-state index in [0.717, 1.165) is 24.4 Å². The third-order valence-electron chi connectivity index (χ3n) is 4.21. The van der Waals surface area contributed by atoms with Gasteiger partial charge in [-0.05, 0) is 19.8 Å². The van der Waals surface area contributed by atoms with E-state index >= 15 is 0 Å². The molecule has 0 unspecified atom stereocenters. The minimum Gasteiger partial charge on any atom is -0.396 e. The van der Waals surface area contributed by atoms with Crippen molar-refractivity contribution < 1.29 is 5.11 Å². The normalized spacial score (nSPS) is 18.0. The number of nitrogens with one attached hydrogen (secondary N) is 1. The maximum Gasteiger partial charge on any atom is 0.142 e. The largest absolute Gasteiger partial charge is 0.396 e. The summed E-state index contributed by atoms with van der Waals surface area (Å²) in [4.78, 5) is 0. The van der Waals surface area contributed by atoms with Crippen molar-refractivity contribution in [3.8, 4) is 6.07 Å². The smallest absolute Gasteiger partial charge is 0.142 e. The van der Waals surface area contributed by atoms with Gasteiger partial charge in [-0.2, -0.15) is 10.4 Å². The van der Waals surface area contributed by atoms with E-state index in [-0.39, 0.29) is 12.0 Å². The van der Waals surface area contributed by atoms with Gasteiger partial charge in [-0.15, -0.1) is 0 Å². The van der Waals surface area contributed by atoms with Crippen LogP contribution in [0, 0.1) is 23.7 Å². The third-order valence-corrected chi connectivity index (χ3v) is 4.21. The van der Waals surface area contributed by atoms with E-state index in [1.807, 2.05) is 14.0 Å². The van der Waals surface area contributed by atoms with Crippen molar-refractivity contribution in [1.29, 1.82) is 5.26 Å². The van der Waals surface area contributed by atoms with E-state index in [2.05, 4.69) is 16.5 Å².